The molecule has 1 atom stereocenters. The molecule has 8 heteroatoms. The number of carbonyl (C=O) groups is 2. The smallest absolute Gasteiger partial charge is 0.341 e. The molecule has 1 amide bonds. The van der Waals surface area contributed by atoms with Crippen LogP contribution in [0.15, 0.2) is 60.7 Å². The van der Waals surface area contributed by atoms with Crippen LogP contribution in [0, 0.1) is 5.82 Å². The molecule has 3 aromatic carbocycles. The number of ether oxygens (including phenoxy) is 1. The zero-order chi connectivity index (χ0) is 24.2. The van der Waals surface area contributed by atoms with Gasteiger partial charge < -0.3 is 14.7 Å². The number of fused-ring (bicyclic) bond motifs is 1. The Labute approximate surface area is 206 Å². The molecule has 176 valence electrons. The number of nitrogens with zero attached hydrogens (tertiary/aromatic N) is 1. The highest BCUT2D eigenvalue weighted by Crippen LogP contribution is 2.40. The van der Waals surface area contributed by atoms with Gasteiger partial charge in [0.2, 0.25) is 5.91 Å². The Morgan fingerprint density at radius 1 is 1.03 bits per heavy atom. The average molecular weight is 502 g/mol. The molecule has 1 aliphatic heterocycles. The first kappa shape index (κ1) is 24.0. The molecule has 4 rings (SSSR count). The van der Waals surface area contributed by atoms with E-state index in [1.807, 2.05) is 24.3 Å². The fraction of sp³-hybridized carbons (Fsp3) is 0.231. The van der Waals surface area contributed by atoms with Crippen molar-refractivity contribution in [2.75, 3.05) is 13.2 Å². The van der Waals surface area contributed by atoms with Crippen molar-refractivity contribution in [2.45, 2.75) is 25.3 Å². The van der Waals surface area contributed by atoms with E-state index in [9.17, 15) is 14.0 Å². The van der Waals surface area contributed by atoms with E-state index < -0.39 is 24.4 Å². The second kappa shape index (κ2) is 10.5. The second-order valence-electron chi connectivity index (χ2n) is 8.00. The summed E-state index contributed by atoms with van der Waals surface area (Å²) in [5.74, 6) is -1.58. The highest BCUT2D eigenvalue weighted by molar-refractivity contribution is 6.36. The van der Waals surface area contributed by atoms with Gasteiger partial charge in [-0.3, -0.25) is 4.79 Å². The predicted octanol–water partition coefficient (Wildman–Crippen LogP) is 5.70. The van der Waals surface area contributed by atoms with Gasteiger partial charge in [0, 0.05) is 28.6 Å². The molecule has 0 saturated heterocycles. The van der Waals surface area contributed by atoms with E-state index in [0.29, 0.717) is 40.6 Å². The Morgan fingerprint density at radius 2 is 1.76 bits per heavy atom. The van der Waals surface area contributed by atoms with Gasteiger partial charge in [0.05, 0.1) is 6.04 Å². The van der Waals surface area contributed by atoms with Crippen molar-refractivity contribution in [1.82, 2.24) is 4.90 Å². The van der Waals surface area contributed by atoms with Crippen molar-refractivity contribution in [3.05, 3.63) is 98.8 Å². The van der Waals surface area contributed by atoms with E-state index in [1.165, 1.54) is 18.2 Å². The molecule has 3 aromatic rings. The van der Waals surface area contributed by atoms with Gasteiger partial charge in [-0.15, -0.1) is 0 Å². The van der Waals surface area contributed by atoms with Gasteiger partial charge in [0.1, 0.15) is 11.6 Å². The minimum absolute atomic E-state index is 0.149. The monoisotopic (exact) mass is 501 g/mol. The minimum Gasteiger partial charge on any atom is -0.482 e. The number of halogens is 3. The zero-order valence-electron chi connectivity index (χ0n) is 18.1. The van der Waals surface area contributed by atoms with Crippen molar-refractivity contribution in [1.29, 1.82) is 0 Å². The van der Waals surface area contributed by atoms with Crippen LogP contribution < -0.4 is 4.74 Å². The van der Waals surface area contributed by atoms with Gasteiger partial charge in [-0.1, -0.05) is 53.5 Å². The molecule has 0 aliphatic carbocycles. The molecule has 0 saturated carbocycles. The van der Waals surface area contributed by atoms with Gasteiger partial charge in [-0.25, -0.2) is 9.18 Å². The van der Waals surface area contributed by atoms with Gasteiger partial charge in [-0.2, -0.15) is 0 Å². The quantitative estimate of drug-likeness (QED) is 0.450. The van der Waals surface area contributed by atoms with E-state index in [1.54, 1.807) is 23.1 Å². The van der Waals surface area contributed by atoms with Gasteiger partial charge >= 0.3 is 5.97 Å². The van der Waals surface area contributed by atoms with E-state index in [4.69, 9.17) is 33.0 Å². The van der Waals surface area contributed by atoms with Crippen molar-refractivity contribution in [3.8, 4) is 5.75 Å². The zero-order valence-corrected chi connectivity index (χ0v) is 19.7. The molecule has 34 heavy (non-hydrogen) atoms. The third-order valence-electron chi connectivity index (χ3n) is 5.87. The predicted molar refractivity (Wildman–Crippen MR) is 128 cm³/mol. The third kappa shape index (κ3) is 5.18. The molecular weight excluding hydrogens is 480 g/mol. The van der Waals surface area contributed by atoms with Gasteiger partial charge in [0.15, 0.2) is 6.61 Å². The van der Waals surface area contributed by atoms with Crippen molar-refractivity contribution >= 4 is 35.1 Å². The number of hydrogen-bond acceptors (Lipinski definition) is 3. The lowest BCUT2D eigenvalue weighted by Gasteiger charge is -2.38. The van der Waals surface area contributed by atoms with E-state index in [2.05, 4.69) is 0 Å². The van der Waals surface area contributed by atoms with E-state index in [0.717, 1.165) is 11.1 Å². The number of benzene rings is 3. The first-order chi connectivity index (χ1) is 16.3. The van der Waals surface area contributed by atoms with Crippen LogP contribution in [-0.4, -0.2) is 35.0 Å². The van der Waals surface area contributed by atoms with Crippen LogP contribution in [0.2, 0.25) is 10.0 Å². The molecule has 0 aromatic heterocycles. The molecule has 0 spiro atoms. The number of amides is 1. The lowest BCUT2D eigenvalue weighted by atomic mass is 9.87. The van der Waals surface area contributed by atoms with E-state index in [-0.39, 0.29) is 18.1 Å². The maximum Gasteiger partial charge on any atom is 0.341 e. The molecule has 1 heterocycles. The van der Waals surface area contributed by atoms with Crippen molar-refractivity contribution in [2.24, 2.45) is 0 Å². The van der Waals surface area contributed by atoms with Crippen LogP contribution in [0.5, 0.6) is 5.75 Å². The van der Waals surface area contributed by atoms with E-state index >= 15 is 0 Å². The van der Waals surface area contributed by atoms with Gasteiger partial charge in [0.25, 0.3) is 0 Å². The van der Waals surface area contributed by atoms with Crippen LogP contribution in [-0.2, 0) is 22.4 Å². The standard InChI is InChI=1S/C26H22Cl2FNO4/c27-21-6-3-7-22(28)19(21)9-11-24(31)30-13-12-16-4-1-2-5-18(16)26(30)20-14-17(29)8-10-23(20)34-15-25(32)33/h1-8,10,14,26H,9,11-13,15H2,(H,32,33). The molecule has 0 bridgehead atoms. The molecule has 1 aliphatic rings. The molecule has 1 unspecified atom stereocenters. The fourth-order valence-electron chi connectivity index (χ4n) is 4.32. The SMILES string of the molecule is O=C(O)COc1ccc(F)cc1C1c2ccccc2CCN1C(=O)CCc1c(Cl)cccc1Cl. The fourth-order valence-corrected chi connectivity index (χ4v) is 4.91. The van der Waals surface area contributed by atoms with Crippen molar-refractivity contribution < 1.29 is 23.8 Å². The second-order valence-corrected chi connectivity index (χ2v) is 8.82. The number of carboxylic acid groups (broad SMARTS) is 1. The summed E-state index contributed by atoms with van der Waals surface area (Å²) in [7, 11) is 0. The Hall–Kier alpha value is -3.09. The summed E-state index contributed by atoms with van der Waals surface area (Å²) in [6, 6.07) is 16.1. The summed E-state index contributed by atoms with van der Waals surface area (Å²) < 4.78 is 19.8. The molecule has 5 nitrogen and oxygen atoms in total. The first-order valence-electron chi connectivity index (χ1n) is 10.8. The maximum absolute atomic E-state index is 14.4. The number of aliphatic carboxylic acids is 1. The Morgan fingerprint density at radius 3 is 2.50 bits per heavy atom. The number of carbonyl (C=O) groups excluding carboxylic acids is 1. The van der Waals surface area contributed by atoms with Crippen LogP contribution in [0.25, 0.3) is 0 Å². The molecule has 1 N–H and O–H groups in total. The van der Waals surface area contributed by atoms with Crippen LogP contribution in [0.1, 0.15) is 34.7 Å². The summed E-state index contributed by atoms with van der Waals surface area (Å²) in [6.45, 7) is -0.155. The Bertz CT molecular complexity index is 1210. The summed E-state index contributed by atoms with van der Waals surface area (Å²) >= 11 is 12.5. The lowest BCUT2D eigenvalue weighted by molar-refractivity contribution is -0.139. The van der Waals surface area contributed by atoms with Crippen LogP contribution in [0.3, 0.4) is 0 Å². The normalized spacial score (nSPS) is 15.0. The first-order valence-corrected chi connectivity index (χ1v) is 11.5. The number of hydrogen-bond donors (Lipinski definition) is 1. The largest absolute Gasteiger partial charge is 0.482 e. The maximum atomic E-state index is 14.4. The minimum atomic E-state index is -1.15. The summed E-state index contributed by atoms with van der Waals surface area (Å²) in [5.41, 5.74) is 2.99. The Kier molecular flexibility index (Phi) is 7.39. The molecule has 0 radical (unpaired) electrons. The number of carboxylic acids is 1. The van der Waals surface area contributed by atoms with Crippen LogP contribution in [0.4, 0.5) is 4.39 Å². The number of rotatable bonds is 7. The summed E-state index contributed by atoms with van der Waals surface area (Å²) in [6.07, 6.45) is 1.16. The Balaban J connectivity index is 1.70. The summed E-state index contributed by atoms with van der Waals surface area (Å²) in [5, 5.41) is 10.1. The average Bonchev–Trinajstić information content (AvgIpc) is 2.82. The molecule has 0 fully saturated rings. The van der Waals surface area contributed by atoms with Crippen LogP contribution >= 0.6 is 23.2 Å². The highest BCUT2D eigenvalue weighted by Gasteiger charge is 2.34. The lowest BCUT2D eigenvalue weighted by Crippen LogP contribution is -2.41. The highest BCUT2D eigenvalue weighted by atomic mass is 35.5. The summed E-state index contributed by atoms with van der Waals surface area (Å²) in [4.78, 5) is 26.2. The van der Waals surface area contributed by atoms with Crippen molar-refractivity contribution in [3.63, 3.8) is 0 Å². The van der Waals surface area contributed by atoms with Gasteiger partial charge in [-0.05, 0) is 59.9 Å². The topological polar surface area (TPSA) is 66.8 Å². The third-order valence-corrected chi connectivity index (χ3v) is 6.58. The molecular formula is C26H22Cl2FNO4.